The number of nitrogens with one attached hydrogen (secondary N) is 1. The Hall–Kier alpha value is -0.930. The minimum Gasteiger partial charge on any atom is -0.378 e. The van der Waals surface area contributed by atoms with Gasteiger partial charge in [-0.15, -0.1) is 0 Å². The SMILES string of the molecule is NCc1ccc(CNC=S)cc1. The van der Waals surface area contributed by atoms with Gasteiger partial charge in [-0.3, -0.25) is 0 Å². The number of nitrogens with two attached hydrogens (primary N) is 1. The highest BCUT2D eigenvalue weighted by Gasteiger charge is 1.90. The van der Waals surface area contributed by atoms with E-state index in [1.807, 2.05) is 24.3 Å². The lowest BCUT2D eigenvalue weighted by atomic mass is 10.1. The lowest BCUT2D eigenvalue weighted by Crippen LogP contribution is -2.08. The van der Waals surface area contributed by atoms with Gasteiger partial charge in [0.05, 0.1) is 5.49 Å². The van der Waals surface area contributed by atoms with Crippen molar-refractivity contribution in [1.29, 1.82) is 0 Å². The summed E-state index contributed by atoms with van der Waals surface area (Å²) in [5.74, 6) is 0. The van der Waals surface area contributed by atoms with Crippen molar-refractivity contribution in [2.75, 3.05) is 0 Å². The molecule has 0 heterocycles. The molecule has 1 aromatic rings. The first-order valence-corrected chi connectivity index (χ1v) is 4.29. The van der Waals surface area contributed by atoms with Gasteiger partial charge in [-0.25, -0.2) is 0 Å². The molecule has 0 fully saturated rings. The van der Waals surface area contributed by atoms with Crippen LogP contribution in [0.15, 0.2) is 24.3 Å². The molecule has 3 N–H and O–H groups in total. The highest BCUT2D eigenvalue weighted by molar-refractivity contribution is 7.78. The van der Waals surface area contributed by atoms with Crippen molar-refractivity contribution in [3.63, 3.8) is 0 Å². The van der Waals surface area contributed by atoms with E-state index in [1.165, 1.54) is 11.1 Å². The van der Waals surface area contributed by atoms with Gasteiger partial charge in [-0.1, -0.05) is 36.5 Å². The molecule has 1 aromatic carbocycles. The van der Waals surface area contributed by atoms with E-state index in [1.54, 1.807) is 0 Å². The van der Waals surface area contributed by atoms with E-state index >= 15 is 0 Å². The van der Waals surface area contributed by atoms with Gasteiger partial charge in [-0.2, -0.15) is 0 Å². The summed E-state index contributed by atoms with van der Waals surface area (Å²) >= 11 is 4.64. The fourth-order valence-corrected chi connectivity index (χ4v) is 1.04. The summed E-state index contributed by atoms with van der Waals surface area (Å²) in [6.07, 6.45) is 0. The minimum atomic E-state index is 0.598. The first-order valence-electron chi connectivity index (χ1n) is 3.81. The van der Waals surface area contributed by atoms with Crippen LogP contribution in [0, 0.1) is 0 Å². The van der Waals surface area contributed by atoms with Crippen molar-refractivity contribution in [2.24, 2.45) is 5.73 Å². The molecular weight excluding hydrogens is 168 g/mol. The van der Waals surface area contributed by atoms with Gasteiger partial charge < -0.3 is 11.1 Å². The molecule has 12 heavy (non-hydrogen) atoms. The highest BCUT2D eigenvalue weighted by atomic mass is 32.1. The highest BCUT2D eigenvalue weighted by Crippen LogP contribution is 2.02. The van der Waals surface area contributed by atoms with Crippen LogP contribution in [0.3, 0.4) is 0 Å². The van der Waals surface area contributed by atoms with Crippen LogP contribution in [-0.2, 0) is 13.1 Å². The van der Waals surface area contributed by atoms with Crippen LogP contribution in [0.5, 0.6) is 0 Å². The number of rotatable bonds is 4. The second kappa shape index (κ2) is 4.85. The quantitative estimate of drug-likeness (QED) is 0.684. The molecule has 3 heteroatoms. The Balaban J connectivity index is 2.58. The van der Waals surface area contributed by atoms with E-state index in [9.17, 15) is 0 Å². The fourth-order valence-electron chi connectivity index (χ4n) is 0.953. The molecule has 0 radical (unpaired) electrons. The average molecular weight is 180 g/mol. The van der Waals surface area contributed by atoms with Gasteiger partial charge >= 0.3 is 0 Å². The first-order chi connectivity index (χ1) is 5.86. The van der Waals surface area contributed by atoms with Crippen molar-refractivity contribution in [2.45, 2.75) is 13.1 Å². The Morgan fingerprint density at radius 3 is 2.33 bits per heavy atom. The van der Waals surface area contributed by atoms with Gasteiger partial charge in [0.2, 0.25) is 0 Å². The molecule has 64 valence electrons. The summed E-state index contributed by atoms with van der Waals surface area (Å²) in [5, 5.41) is 2.96. The molecule has 0 unspecified atom stereocenters. The largest absolute Gasteiger partial charge is 0.378 e. The maximum absolute atomic E-state index is 5.46. The zero-order chi connectivity index (χ0) is 8.81. The molecule has 0 amide bonds. The van der Waals surface area contributed by atoms with Crippen molar-refractivity contribution in [1.82, 2.24) is 5.32 Å². The Kier molecular flexibility index (Phi) is 3.70. The fraction of sp³-hybridized carbons (Fsp3) is 0.222. The van der Waals surface area contributed by atoms with Crippen LogP contribution in [0.1, 0.15) is 11.1 Å². The maximum atomic E-state index is 5.46. The topological polar surface area (TPSA) is 38.0 Å². The predicted octanol–water partition coefficient (Wildman–Crippen LogP) is 1.19. The Bertz CT molecular complexity index is 243. The maximum Gasteiger partial charge on any atom is 0.0617 e. The number of hydrogen-bond donors (Lipinski definition) is 2. The van der Waals surface area contributed by atoms with E-state index in [0.717, 1.165) is 12.1 Å². The third-order valence-corrected chi connectivity index (χ3v) is 1.81. The molecule has 0 bridgehead atoms. The smallest absolute Gasteiger partial charge is 0.0617 e. The molecule has 2 nitrogen and oxygen atoms in total. The molecule has 0 atom stereocenters. The van der Waals surface area contributed by atoms with Gasteiger partial charge in [0.15, 0.2) is 0 Å². The van der Waals surface area contributed by atoms with Crippen LogP contribution < -0.4 is 11.1 Å². The molecular formula is C9H12N2S. The third-order valence-electron chi connectivity index (χ3n) is 1.65. The Morgan fingerprint density at radius 1 is 1.25 bits per heavy atom. The van der Waals surface area contributed by atoms with Crippen molar-refractivity contribution in [3.8, 4) is 0 Å². The summed E-state index contributed by atoms with van der Waals surface area (Å²) in [4.78, 5) is 0. The Morgan fingerprint density at radius 2 is 1.83 bits per heavy atom. The minimum absolute atomic E-state index is 0.598. The first kappa shape index (κ1) is 9.16. The lowest BCUT2D eigenvalue weighted by molar-refractivity contribution is 0.940. The van der Waals surface area contributed by atoms with Gasteiger partial charge in [-0.05, 0) is 11.1 Å². The molecule has 0 aliphatic rings. The monoisotopic (exact) mass is 180 g/mol. The van der Waals surface area contributed by atoms with E-state index < -0.39 is 0 Å². The zero-order valence-corrected chi connectivity index (χ0v) is 7.60. The van der Waals surface area contributed by atoms with Gasteiger partial charge in [0.25, 0.3) is 0 Å². The van der Waals surface area contributed by atoms with Crippen LogP contribution in [-0.4, -0.2) is 5.49 Å². The second-order valence-corrected chi connectivity index (χ2v) is 2.76. The molecule has 0 saturated heterocycles. The molecule has 0 spiro atoms. The number of benzene rings is 1. The molecule has 0 aliphatic carbocycles. The van der Waals surface area contributed by atoms with Crippen LogP contribution >= 0.6 is 12.2 Å². The summed E-state index contributed by atoms with van der Waals surface area (Å²) in [6.45, 7) is 1.38. The van der Waals surface area contributed by atoms with E-state index in [4.69, 9.17) is 5.73 Å². The van der Waals surface area contributed by atoms with Gasteiger partial charge in [0, 0.05) is 13.1 Å². The van der Waals surface area contributed by atoms with Crippen LogP contribution in [0.2, 0.25) is 0 Å². The van der Waals surface area contributed by atoms with Crippen molar-refractivity contribution >= 4 is 17.7 Å². The molecule has 0 aliphatic heterocycles. The number of hydrogen-bond acceptors (Lipinski definition) is 2. The second-order valence-electron chi connectivity index (χ2n) is 2.52. The summed E-state index contributed by atoms with van der Waals surface area (Å²) < 4.78 is 0. The number of thiocarbonyl (C=S) groups is 1. The summed E-state index contributed by atoms with van der Waals surface area (Å²) in [5.41, 5.74) is 9.36. The molecule has 1 rings (SSSR count). The van der Waals surface area contributed by atoms with Crippen LogP contribution in [0.4, 0.5) is 0 Å². The van der Waals surface area contributed by atoms with Crippen molar-refractivity contribution < 1.29 is 0 Å². The van der Waals surface area contributed by atoms with Crippen molar-refractivity contribution in [3.05, 3.63) is 35.4 Å². The van der Waals surface area contributed by atoms with E-state index in [-0.39, 0.29) is 0 Å². The zero-order valence-electron chi connectivity index (χ0n) is 6.79. The van der Waals surface area contributed by atoms with E-state index in [2.05, 4.69) is 17.5 Å². The molecule has 0 aromatic heterocycles. The van der Waals surface area contributed by atoms with Crippen LogP contribution in [0.25, 0.3) is 0 Å². The average Bonchev–Trinajstić information content (AvgIpc) is 2.15. The third kappa shape index (κ3) is 2.60. The Labute approximate surface area is 77.8 Å². The van der Waals surface area contributed by atoms with E-state index in [0.29, 0.717) is 6.54 Å². The summed E-state index contributed by atoms with van der Waals surface area (Å²) in [6, 6.07) is 8.16. The molecule has 0 saturated carbocycles. The standard InChI is InChI=1S/C9H12N2S/c10-5-8-1-3-9(4-2-8)6-11-7-12/h1-4,7H,5-6,10H2,(H,11,12). The lowest BCUT2D eigenvalue weighted by Gasteiger charge is -2.01. The summed E-state index contributed by atoms with van der Waals surface area (Å²) in [7, 11) is 0. The predicted molar refractivity (Wildman–Crippen MR) is 54.8 cm³/mol. The van der Waals surface area contributed by atoms with Gasteiger partial charge in [0.1, 0.15) is 0 Å². The normalized spacial score (nSPS) is 9.42.